The van der Waals surface area contributed by atoms with E-state index in [2.05, 4.69) is 61.4 Å². The second kappa shape index (κ2) is 6.53. The van der Waals surface area contributed by atoms with E-state index in [9.17, 15) is 0 Å². The zero-order chi connectivity index (χ0) is 13.7. The number of nitrogens with one attached hydrogen (secondary N) is 1. The van der Waals surface area contributed by atoms with Gasteiger partial charge < -0.3 is 10.2 Å². The van der Waals surface area contributed by atoms with Crippen molar-refractivity contribution in [3.05, 3.63) is 35.9 Å². The van der Waals surface area contributed by atoms with Crippen LogP contribution >= 0.6 is 0 Å². The van der Waals surface area contributed by atoms with Crippen LogP contribution in [0.2, 0.25) is 0 Å². The summed E-state index contributed by atoms with van der Waals surface area (Å²) in [5.41, 5.74) is 1.88. The Balaban J connectivity index is 1.84. The third kappa shape index (κ3) is 4.05. The molecule has 2 nitrogen and oxygen atoms in total. The van der Waals surface area contributed by atoms with Crippen molar-refractivity contribution in [3.8, 4) is 0 Å². The van der Waals surface area contributed by atoms with E-state index in [1.807, 2.05) is 0 Å². The van der Waals surface area contributed by atoms with E-state index in [-0.39, 0.29) is 0 Å². The summed E-state index contributed by atoms with van der Waals surface area (Å²) in [6.07, 6.45) is 2.50. The van der Waals surface area contributed by atoms with Crippen LogP contribution < -0.4 is 5.32 Å². The summed E-state index contributed by atoms with van der Waals surface area (Å²) in [5.74, 6) is 0.811. The number of hydrogen-bond donors (Lipinski definition) is 1. The topological polar surface area (TPSA) is 15.3 Å². The zero-order valence-electron chi connectivity index (χ0n) is 12.7. The normalized spacial score (nSPS) is 23.4. The quantitative estimate of drug-likeness (QED) is 0.876. The highest BCUT2D eigenvalue weighted by molar-refractivity contribution is 5.14. The van der Waals surface area contributed by atoms with Gasteiger partial charge in [0.15, 0.2) is 0 Å². The van der Waals surface area contributed by atoms with Crippen molar-refractivity contribution in [3.63, 3.8) is 0 Å². The highest BCUT2D eigenvalue weighted by Crippen LogP contribution is 2.34. The van der Waals surface area contributed by atoms with Gasteiger partial charge in [-0.15, -0.1) is 0 Å². The van der Waals surface area contributed by atoms with Gasteiger partial charge in [0, 0.05) is 13.1 Å². The molecule has 1 unspecified atom stereocenters. The summed E-state index contributed by atoms with van der Waals surface area (Å²) in [4.78, 5) is 2.64. The lowest BCUT2D eigenvalue weighted by molar-refractivity contribution is 0.0568. The van der Waals surface area contributed by atoms with E-state index >= 15 is 0 Å². The number of nitrogens with zero attached hydrogens (tertiary/aromatic N) is 1. The Labute approximate surface area is 118 Å². The lowest BCUT2D eigenvalue weighted by Gasteiger charge is -2.44. The molecule has 0 aromatic heterocycles. The molecule has 106 valence electrons. The maximum Gasteiger partial charge on any atom is 0.00359 e. The molecule has 0 radical (unpaired) electrons. The van der Waals surface area contributed by atoms with Crippen molar-refractivity contribution in [1.82, 2.24) is 10.2 Å². The molecule has 19 heavy (non-hydrogen) atoms. The van der Waals surface area contributed by atoms with Crippen molar-refractivity contribution in [2.24, 2.45) is 11.3 Å². The molecule has 1 aromatic carbocycles. The van der Waals surface area contributed by atoms with Gasteiger partial charge in [-0.05, 0) is 49.9 Å². The summed E-state index contributed by atoms with van der Waals surface area (Å²) in [6, 6.07) is 10.8. The Morgan fingerprint density at radius 2 is 2.00 bits per heavy atom. The fourth-order valence-corrected chi connectivity index (χ4v) is 3.26. The largest absolute Gasteiger partial charge is 0.319 e. The number of benzene rings is 1. The summed E-state index contributed by atoms with van der Waals surface area (Å²) in [7, 11) is 2.07. The van der Waals surface area contributed by atoms with Gasteiger partial charge >= 0.3 is 0 Å². The molecule has 1 atom stereocenters. The molecule has 0 amide bonds. The predicted molar refractivity (Wildman–Crippen MR) is 82.4 cm³/mol. The number of hydrogen-bond acceptors (Lipinski definition) is 2. The van der Waals surface area contributed by atoms with Gasteiger partial charge in [0.1, 0.15) is 0 Å². The predicted octanol–water partition coefficient (Wildman–Crippen LogP) is 2.80. The van der Waals surface area contributed by atoms with E-state index in [0.29, 0.717) is 5.41 Å². The van der Waals surface area contributed by atoms with Crippen LogP contribution in [0.15, 0.2) is 30.3 Å². The molecule has 0 saturated carbocycles. The van der Waals surface area contributed by atoms with Crippen molar-refractivity contribution < 1.29 is 0 Å². The third-order valence-corrected chi connectivity index (χ3v) is 4.54. The van der Waals surface area contributed by atoms with Gasteiger partial charge in [-0.25, -0.2) is 0 Å². The molecule has 1 N–H and O–H groups in total. The second-order valence-electron chi connectivity index (χ2n) is 6.54. The minimum Gasteiger partial charge on any atom is -0.319 e. The molecule has 1 saturated heterocycles. The van der Waals surface area contributed by atoms with E-state index in [1.165, 1.54) is 38.0 Å². The van der Waals surface area contributed by atoms with E-state index in [4.69, 9.17) is 0 Å². The van der Waals surface area contributed by atoms with Crippen LogP contribution in [-0.4, -0.2) is 38.1 Å². The number of likely N-dealkylation sites (tertiary alicyclic amines) is 1. The molecule has 2 heteroatoms. The Kier molecular flexibility index (Phi) is 5.00. The molecular weight excluding hydrogens is 232 g/mol. The standard InChI is InChI=1S/C17H28N2/c1-17(2)14-19(12-10-16(17)13-18-3)11-9-15-7-5-4-6-8-15/h4-8,16,18H,9-14H2,1-3H3. The minimum absolute atomic E-state index is 0.429. The lowest BCUT2D eigenvalue weighted by Crippen LogP contribution is -2.48. The number of rotatable bonds is 5. The molecule has 1 aromatic rings. The van der Waals surface area contributed by atoms with Crippen molar-refractivity contribution >= 4 is 0 Å². The van der Waals surface area contributed by atoms with Crippen molar-refractivity contribution in [2.45, 2.75) is 26.7 Å². The monoisotopic (exact) mass is 260 g/mol. The van der Waals surface area contributed by atoms with Crippen LogP contribution in [0, 0.1) is 11.3 Å². The molecule has 1 fully saturated rings. The first kappa shape index (κ1) is 14.5. The lowest BCUT2D eigenvalue weighted by atomic mass is 9.74. The Morgan fingerprint density at radius 3 is 2.63 bits per heavy atom. The van der Waals surface area contributed by atoms with Gasteiger partial charge in [0.25, 0.3) is 0 Å². The molecule has 0 aliphatic carbocycles. The van der Waals surface area contributed by atoms with Crippen LogP contribution in [0.4, 0.5) is 0 Å². The molecule has 0 bridgehead atoms. The van der Waals surface area contributed by atoms with Crippen LogP contribution in [0.3, 0.4) is 0 Å². The van der Waals surface area contributed by atoms with E-state index in [1.54, 1.807) is 0 Å². The second-order valence-corrected chi connectivity index (χ2v) is 6.54. The first-order valence-electron chi connectivity index (χ1n) is 7.53. The fraction of sp³-hybridized carbons (Fsp3) is 0.647. The van der Waals surface area contributed by atoms with Gasteiger partial charge in [0.2, 0.25) is 0 Å². The van der Waals surface area contributed by atoms with Gasteiger partial charge in [-0.1, -0.05) is 44.2 Å². The maximum absolute atomic E-state index is 3.35. The van der Waals surface area contributed by atoms with Gasteiger partial charge in [-0.3, -0.25) is 0 Å². The Hall–Kier alpha value is -0.860. The minimum atomic E-state index is 0.429. The molecular formula is C17H28N2. The smallest absolute Gasteiger partial charge is 0.00359 e. The van der Waals surface area contributed by atoms with E-state index < -0.39 is 0 Å². The Morgan fingerprint density at radius 1 is 1.26 bits per heavy atom. The summed E-state index contributed by atoms with van der Waals surface area (Å²) in [5, 5.41) is 3.35. The highest BCUT2D eigenvalue weighted by atomic mass is 15.1. The molecule has 2 rings (SSSR count). The molecule has 0 spiro atoms. The van der Waals surface area contributed by atoms with E-state index in [0.717, 1.165) is 12.5 Å². The third-order valence-electron chi connectivity index (χ3n) is 4.54. The highest BCUT2D eigenvalue weighted by Gasteiger charge is 2.34. The molecule has 1 aliphatic rings. The average Bonchev–Trinajstić information content (AvgIpc) is 2.40. The number of piperidine rings is 1. The first-order valence-corrected chi connectivity index (χ1v) is 7.53. The fourth-order valence-electron chi connectivity index (χ4n) is 3.26. The average molecular weight is 260 g/mol. The first-order chi connectivity index (χ1) is 9.12. The van der Waals surface area contributed by atoms with Crippen LogP contribution in [-0.2, 0) is 6.42 Å². The molecule has 1 heterocycles. The van der Waals surface area contributed by atoms with Crippen LogP contribution in [0.25, 0.3) is 0 Å². The van der Waals surface area contributed by atoms with Crippen LogP contribution in [0.5, 0.6) is 0 Å². The SMILES string of the molecule is CNCC1CCN(CCc2ccccc2)CC1(C)C. The van der Waals surface area contributed by atoms with Gasteiger partial charge in [0.05, 0.1) is 0 Å². The Bertz CT molecular complexity index is 372. The zero-order valence-corrected chi connectivity index (χ0v) is 12.7. The summed E-state index contributed by atoms with van der Waals surface area (Å²) in [6.45, 7) is 9.67. The van der Waals surface area contributed by atoms with Gasteiger partial charge in [-0.2, -0.15) is 0 Å². The van der Waals surface area contributed by atoms with Crippen molar-refractivity contribution in [2.75, 3.05) is 33.2 Å². The summed E-state index contributed by atoms with van der Waals surface area (Å²) < 4.78 is 0. The maximum atomic E-state index is 3.35. The summed E-state index contributed by atoms with van der Waals surface area (Å²) >= 11 is 0. The molecule has 1 aliphatic heterocycles. The van der Waals surface area contributed by atoms with Crippen molar-refractivity contribution in [1.29, 1.82) is 0 Å². The van der Waals surface area contributed by atoms with Crippen LogP contribution in [0.1, 0.15) is 25.8 Å².